The molecule has 8 heteroatoms. The summed E-state index contributed by atoms with van der Waals surface area (Å²) < 4.78 is 15.3. The number of thioether (sulfide) groups is 1. The maximum Gasteiger partial charge on any atom is 0.336 e. The fourth-order valence-electron chi connectivity index (χ4n) is 2.41. The van der Waals surface area contributed by atoms with Crippen molar-refractivity contribution in [1.29, 1.82) is 0 Å². The summed E-state index contributed by atoms with van der Waals surface area (Å²) in [4.78, 5) is 35.2. The van der Waals surface area contributed by atoms with E-state index in [1.54, 1.807) is 30.0 Å². The lowest BCUT2D eigenvalue weighted by atomic mass is 10.1. The largest absolute Gasteiger partial charge is 0.484 e. The number of ether oxygens (including phenoxy) is 2. The van der Waals surface area contributed by atoms with Gasteiger partial charge in [0.1, 0.15) is 17.4 Å². The van der Waals surface area contributed by atoms with E-state index in [0.717, 1.165) is 10.9 Å². The summed E-state index contributed by atoms with van der Waals surface area (Å²) in [6, 6.07) is 5.71. The van der Waals surface area contributed by atoms with Gasteiger partial charge >= 0.3 is 11.6 Å². The SMILES string of the molecule is COC(=O)[C@@H](CCSC)NC(=O)COc1ccc2c(C)cc(=O)oc2c1. The molecule has 7 nitrogen and oxygen atoms in total. The molecule has 140 valence electrons. The predicted molar refractivity (Wildman–Crippen MR) is 99.7 cm³/mol. The van der Waals surface area contributed by atoms with Gasteiger partial charge in [0.05, 0.1) is 7.11 Å². The summed E-state index contributed by atoms with van der Waals surface area (Å²) in [5.74, 6) is 0.173. The lowest BCUT2D eigenvalue weighted by Crippen LogP contribution is -2.43. The molecule has 0 unspecified atom stereocenters. The number of esters is 1. The molecule has 0 saturated heterocycles. The molecule has 1 aromatic heterocycles. The predicted octanol–water partition coefficient (Wildman–Crippen LogP) is 1.89. The van der Waals surface area contributed by atoms with Gasteiger partial charge in [-0.2, -0.15) is 11.8 Å². The smallest absolute Gasteiger partial charge is 0.336 e. The number of hydrogen-bond donors (Lipinski definition) is 1. The Morgan fingerprint density at radius 1 is 1.31 bits per heavy atom. The second kappa shape index (κ2) is 9.28. The molecule has 2 aromatic rings. The van der Waals surface area contributed by atoms with Crippen molar-refractivity contribution in [1.82, 2.24) is 5.32 Å². The normalized spacial score (nSPS) is 11.8. The van der Waals surface area contributed by atoms with Crippen molar-refractivity contribution in [3.05, 3.63) is 40.2 Å². The van der Waals surface area contributed by atoms with Crippen LogP contribution < -0.4 is 15.7 Å². The minimum Gasteiger partial charge on any atom is -0.484 e. The second-order valence-electron chi connectivity index (χ2n) is 5.62. The molecular formula is C18H21NO6S. The highest BCUT2D eigenvalue weighted by atomic mass is 32.2. The fourth-order valence-corrected chi connectivity index (χ4v) is 2.88. The van der Waals surface area contributed by atoms with E-state index < -0.39 is 23.5 Å². The van der Waals surface area contributed by atoms with Gasteiger partial charge < -0.3 is 19.2 Å². The van der Waals surface area contributed by atoms with Crippen LogP contribution in [0.15, 0.2) is 33.5 Å². The summed E-state index contributed by atoms with van der Waals surface area (Å²) in [6.45, 7) is 1.54. The zero-order chi connectivity index (χ0) is 19.1. The van der Waals surface area contributed by atoms with E-state index in [2.05, 4.69) is 5.32 Å². The maximum atomic E-state index is 12.1. The van der Waals surface area contributed by atoms with Crippen LogP contribution in [0.2, 0.25) is 0 Å². The Kier molecular flexibility index (Phi) is 7.08. The van der Waals surface area contributed by atoms with Crippen molar-refractivity contribution in [2.24, 2.45) is 0 Å². The average Bonchev–Trinajstić information content (AvgIpc) is 2.62. The molecule has 1 atom stereocenters. The Balaban J connectivity index is 2.00. The molecule has 1 aromatic carbocycles. The topological polar surface area (TPSA) is 94.8 Å². The molecule has 1 N–H and O–H groups in total. The molecule has 0 bridgehead atoms. The third kappa shape index (κ3) is 5.26. The summed E-state index contributed by atoms with van der Waals surface area (Å²) in [7, 11) is 1.28. The molecular weight excluding hydrogens is 358 g/mol. The number of benzene rings is 1. The summed E-state index contributed by atoms with van der Waals surface area (Å²) in [6.07, 6.45) is 2.39. The van der Waals surface area contributed by atoms with Crippen LogP contribution in [0.3, 0.4) is 0 Å². The summed E-state index contributed by atoms with van der Waals surface area (Å²) >= 11 is 1.57. The van der Waals surface area contributed by atoms with Gasteiger partial charge in [0.2, 0.25) is 0 Å². The van der Waals surface area contributed by atoms with Crippen LogP contribution in [0.5, 0.6) is 5.75 Å². The molecule has 0 saturated carbocycles. The van der Waals surface area contributed by atoms with Crippen molar-refractivity contribution in [3.63, 3.8) is 0 Å². The van der Waals surface area contributed by atoms with Gasteiger partial charge in [-0.1, -0.05) is 0 Å². The maximum absolute atomic E-state index is 12.1. The van der Waals surface area contributed by atoms with Crippen molar-refractivity contribution >= 4 is 34.6 Å². The first kappa shape index (κ1) is 19.8. The van der Waals surface area contributed by atoms with Crippen LogP contribution in [0, 0.1) is 6.92 Å². The fraction of sp³-hybridized carbons (Fsp3) is 0.389. The molecule has 0 fully saturated rings. The zero-order valence-electron chi connectivity index (χ0n) is 14.9. The number of carbonyl (C=O) groups is 2. The third-order valence-electron chi connectivity index (χ3n) is 3.72. The van der Waals surface area contributed by atoms with Crippen molar-refractivity contribution in [2.45, 2.75) is 19.4 Å². The Morgan fingerprint density at radius 2 is 2.08 bits per heavy atom. The summed E-state index contributed by atoms with van der Waals surface area (Å²) in [5, 5.41) is 3.40. The van der Waals surface area contributed by atoms with Crippen LogP contribution in [0.4, 0.5) is 0 Å². The van der Waals surface area contributed by atoms with Gasteiger partial charge in [-0.25, -0.2) is 9.59 Å². The first-order valence-corrected chi connectivity index (χ1v) is 9.37. The molecule has 0 aliphatic carbocycles. The van der Waals surface area contributed by atoms with Crippen LogP contribution in [0.1, 0.15) is 12.0 Å². The first-order valence-electron chi connectivity index (χ1n) is 7.98. The van der Waals surface area contributed by atoms with Crippen LogP contribution in [0.25, 0.3) is 11.0 Å². The van der Waals surface area contributed by atoms with Gasteiger partial charge in [-0.15, -0.1) is 0 Å². The molecule has 0 spiro atoms. The number of methoxy groups -OCH3 is 1. The quantitative estimate of drug-likeness (QED) is 0.553. The minimum atomic E-state index is -0.708. The van der Waals surface area contributed by atoms with E-state index in [1.165, 1.54) is 13.2 Å². The number of rotatable bonds is 8. The molecule has 2 rings (SSSR count). The Bertz CT molecular complexity index is 847. The minimum absolute atomic E-state index is 0.270. The van der Waals surface area contributed by atoms with Gasteiger partial charge in [-0.05, 0) is 43.0 Å². The zero-order valence-corrected chi connectivity index (χ0v) is 15.7. The van der Waals surface area contributed by atoms with Crippen LogP contribution in [-0.2, 0) is 14.3 Å². The number of aryl methyl sites for hydroxylation is 1. The van der Waals surface area contributed by atoms with Gasteiger partial charge in [-0.3, -0.25) is 4.79 Å². The van der Waals surface area contributed by atoms with Gasteiger partial charge in [0.25, 0.3) is 5.91 Å². The first-order chi connectivity index (χ1) is 12.4. The lowest BCUT2D eigenvalue weighted by Gasteiger charge is -2.16. The molecule has 1 amide bonds. The van der Waals surface area contributed by atoms with E-state index in [9.17, 15) is 14.4 Å². The molecule has 1 heterocycles. The van der Waals surface area contributed by atoms with E-state index in [1.807, 2.05) is 13.2 Å². The average molecular weight is 379 g/mol. The van der Waals surface area contributed by atoms with Crippen LogP contribution >= 0.6 is 11.8 Å². The highest BCUT2D eigenvalue weighted by Gasteiger charge is 2.21. The number of amides is 1. The lowest BCUT2D eigenvalue weighted by molar-refractivity contribution is -0.145. The number of fused-ring (bicyclic) bond motifs is 1. The van der Waals surface area contributed by atoms with Crippen molar-refractivity contribution in [3.8, 4) is 5.75 Å². The highest BCUT2D eigenvalue weighted by Crippen LogP contribution is 2.22. The number of nitrogens with one attached hydrogen (secondary N) is 1. The molecule has 26 heavy (non-hydrogen) atoms. The Morgan fingerprint density at radius 3 is 2.77 bits per heavy atom. The van der Waals surface area contributed by atoms with Gasteiger partial charge in [0, 0.05) is 17.5 Å². The molecule has 0 aliphatic heterocycles. The monoisotopic (exact) mass is 379 g/mol. The molecule has 0 radical (unpaired) electrons. The van der Waals surface area contributed by atoms with Crippen molar-refractivity contribution in [2.75, 3.05) is 25.7 Å². The van der Waals surface area contributed by atoms with E-state index >= 15 is 0 Å². The second-order valence-corrected chi connectivity index (χ2v) is 6.61. The Labute approximate surface area is 155 Å². The van der Waals surface area contributed by atoms with E-state index in [0.29, 0.717) is 23.5 Å². The number of carbonyl (C=O) groups excluding carboxylic acids is 2. The Hall–Kier alpha value is -2.48. The highest BCUT2D eigenvalue weighted by molar-refractivity contribution is 7.98. The number of hydrogen-bond acceptors (Lipinski definition) is 7. The van der Waals surface area contributed by atoms with Gasteiger partial charge in [0.15, 0.2) is 6.61 Å². The summed E-state index contributed by atoms with van der Waals surface area (Å²) in [5.41, 5.74) is 0.746. The van der Waals surface area contributed by atoms with Crippen LogP contribution in [-0.4, -0.2) is 43.6 Å². The standard InChI is InChI=1S/C18H21NO6S/c1-11-8-17(21)25-15-9-12(4-5-13(11)15)24-10-16(20)19-14(6-7-26-3)18(22)23-2/h4-5,8-9,14H,6-7,10H2,1-3H3,(H,19,20)/t14-/m1/s1. The van der Waals surface area contributed by atoms with E-state index in [-0.39, 0.29) is 6.61 Å². The molecule has 0 aliphatic rings. The van der Waals surface area contributed by atoms with Crippen molar-refractivity contribution < 1.29 is 23.5 Å². The third-order valence-corrected chi connectivity index (χ3v) is 4.37. The van der Waals surface area contributed by atoms with E-state index in [4.69, 9.17) is 13.9 Å².